The number of piperazine rings is 1. The smallest absolute Gasteiger partial charge is 0.416 e. The van der Waals surface area contributed by atoms with E-state index in [1.165, 1.54) is 18.4 Å². The van der Waals surface area contributed by atoms with E-state index in [0.29, 0.717) is 18.7 Å². The fourth-order valence-corrected chi connectivity index (χ4v) is 2.74. The molecular weight excluding hydrogens is 335 g/mol. The largest absolute Gasteiger partial charge is 0.444 e. The molecule has 1 aliphatic rings. The molecule has 0 bridgehead atoms. The van der Waals surface area contributed by atoms with Crippen molar-refractivity contribution in [3.63, 3.8) is 0 Å². The molecule has 0 N–H and O–H groups in total. The number of hydrogen-bond donors (Lipinski definition) is 0. The van der Waals surface area contributed by atoms with Crippen LogP contribution in [0.15, 0.2) is 34.9 Å². The second-order valence-electron chi connectivity index (χ2n) is 5.84. The quantitative estimate of drug-likeness (QED) is 0.851. The van der Waals surface area contributed by atoms with E-state index in [1.807, 2.05) is 0 Å². The first-order valence-electron chi connectivity index (χ1n) is 8.03. The van der Waals surface area contributed by atoms with Crippen LogP contribution in [0.2, 0.25) is 0 Å². The molecule has 0 atom stereocenters. The molecule has 134 valence electrons. The Labute approximate surface area is 143 Å². The average molecular weight is 353 g/mol. The van der Waals surface area contributed by atoms with Crippen LogP contribution in [0.25, 0.3) is 11.5 Å². The molecule has 0 spiro atoms. The number of carbonyl (C=O) groups is 1. The second kappa shape index (κ2) is 6.87. The number of amides is 1. The van der Waals surface area contributed by atoms with Gasteiger partial charge in [0.25, 0.3) is 5.91 Å². The maximum Gasteiger partial charge on any atom is 0.416 e. The first kappa shape index (κ1) is 17.5. The molecule has 0 radical (unpaired) electrons. The van der Waals surface area contributed by atoms with Crippen LogP contribution >= 0.6 is 0 Å². The summed E-state index contributed by atoms with van der Waals surface area (Å²) in [6.07, 6.45) is -3.14. The number of rotatable bonds is 3. The maximum absolute atomic E-state index is 12.6. The molecule has 1 aromatic heterocycles. The van der Waals surface area contributed by atoms with E-state index in [0.717, 1.165) is 31.8 Å². The van der Waals surface area contributed by atoms with Crippen LogP contribution in [-0.4, -0.2) is 53.4 Å². The normalized spacial score (nSPS) is 16.2. The van der Waals surface area contributed by atoms with Gasteiger partial charge in [-0.05, 0) is 30.8 Å². The standard InChI is InChI=1S/C17H18F3N3O2/c1-2-22-7-9-23(10-8-22)16(24)14-11-25-15(21-14)12-3-5-13(6-4-12)17(18,19)20/h3-6,11H,2,7-10H2,1H3. The number of aromatic nitrogens is 1. The lowest BCUT2D eigenvalue weighted by atomic mass is 10.1. The number of benzene rings is 1. The van der Waals surface area contributed by atoms with Crippen molar-refractivity contribution in [2.75, 3.05) is 32.7 Å². The molecule has 1 aliphatic heterocycles. The molecule has 5 nitrogen and oxygen atoms in total. The number of alkyl halides is 3. The van der Waals surface area contributed by atoms with Gasteiger partial charge in [0, 0.05) is 31.7 Å². The van der Waals surface area contributed by atoms with E-state index < -0.39 is 11.7 Å². The van der Waals surface area contributed by atoms with Crippen LogP contribution in [0.3, 0.4) is 0 Å². The van der Waals surface area contributed by atoms with Crippen LogP contribution in [0.4, 0.5) is 13.2 Å². The number of oxazole rings is 1. The van der Waals surface area contributed by atoms with Gasteiger partial charge in [-0.2, -0.15) is 13.2 Å². The molecule has 2 heterocycles. The lowest BCUT2D eigenvalue weighted by molar-refractivity contribution is -0.137. The number of hydrogen-bond acceptors (Lipinski definition) is 4. The zero-order chi connectivity index (χ0) is 18.0. The zero-order valence-corrected chi connectivity index (χ0v) is 13.7. The summed E-state index contributed by atoms with van der Waals surface area (Å²) in [6.45, 7) is 5.89. The van der Waals surface area contributed by atoms with Crippen LogP contribution < -0.4 is 0 Å². The van der Waals surface area contributed by atoms with Gasteiger partial charge in [-0.1, -0.05) is 6.92 Å². The molecule has 0 saturated carbocycles. The van der Waals surface area contributed by atoms with E-state index in [4.69, 9.17) is 4.42 Å². The molecule has 3 rings (SSSR count). The SMILES string of the molecule is CCN1CCN(C(=O)c2coc(-c3ccc(C(F)(F)F)cc3)n2)CC1. The van der Waals surface area contributed by atoms with Crippen molar-refractivity contribution in [1.29, 1.82) is 0 Å². The van der Waals surface area contributed by atoms with Gasteiger partial charge in [0.05, 0.1) is 5.56 Å². The third-order valence-corrected chi connectivity index (χ3v) is 4.29. The zero-order valence-electron chi connectivity index (χ0n) is 13.7. The Balaban J connectivity index is 1.71. The molecule has 1 aromatic carbocycles. The Morgan fingerprint density at radius 2 is 1.80 bits per heavy atom. The highest BCUT2D eigenvalue weighted by Crippen LogP contribution is 2.30. The topological polar surface area (TPSA) is 49.6 Å². The van der Waals surface area contributed by atoms with Crippen molar-refractivity contribution < 1.29 is 22.4 Å². The molecule has 1 amide bonds. The van der Waals surface area contributed by atoms with Crippen LogP contribution in [0.1, 0.15) is 23.0 Å². The van der Waals surface area contributed by atoms with E-state index in [2.05, 4.69) is 16.8 Å². The van der Waals surface area contributed by atoms with Gasteiger partial charge in [-0.15, -0.1) is 0 Å². The number of likely N-dealkylation sites (N-methyl/N-ethyl adjacent to an activating group) is 1. The fourth-order valence-electron chi connectivity index (χ4n) is 2.74. The van der Waals surface area contributed by atoms with Crippen molar-refractivity contribution in [2.45, 2.75) is 13.1 Å². The van der Waals surface area contributed by atoms with E-state index >= 15 is 0 Å². The van der Waals surface area contributed by atoms with Crippen LogP contribution in [0.5, 0.6) is 0 Å². The van der Waals surface area contributed by atoms with E-state index in [-0.39, 0.29) is 17.5 Å². The van der Waals surface area contributed by atoms with Crippen molar-refractivity contribution in [1.82, 2.24) is 14.8 Å². The summed E-state index contributed by atoms with van der Waals surface area (Å²) in [4.78, 5) is 20.6. The third-order valence-electron chi connectivity index (χ3n) is 4.29. The third kappa shape index (κ3) is 3.84. The molecular formula is C17H18F3N3O2. The van der Waals surface area contributed by atoms with Gasteiger partial charge in [0.1, 0.15) is 6.26 Å². The Hall–Kier alpha value is -2.35. The van der Waals surface area contributed by atoms with Gasteiger partial charge in [0.15, 0.2) is 5.69 Å². The van der Waals surface area contributed by atoms with Crippen molar-refractivity contribution >= 4 is 5.91 Å². The molecule has 0 unspecified atom stereocenters. The molecule has 0 aliphatic carbocycles. The lowest BCUT2D eigenvalue weighted by Crippen LogP contribution is -2.48. The summed E-state index contributed by atoms with van der Waals surface area (Å²) in [5.74, 6) is -0.0954. The summed E-state index contributed by atoms with van der Waals surface area (Å²) >= 11 is 0. The Morgan fingerprint density at radius 3 is 2.36 bits per heavy atom. The molecule has 2 aromatic rings. The summed E-state index contributed by atoms with van der Waals surface area (Å²) in [5.41, 5.74) is -0.185. The van der Waals surface area contributed by atoms with Crippen molar-refractivity contribution in [3.8, 4) is 11.5 Å². The van der Waals surface area contributed by atoms with Crippen LogP contribution in [0, 0.1) is 0 Å². The lowest BCUT2D eigenvalue weighted by Gasteiger charge is -2.33. The van der Waals surface area contributed by atoms with E-state index in [9.17, 15) is 18.0 Å². The van der Waals surface area contributed by atoms with Crippen molar-refractivity contribution in [2.24, 2.45) is 0 Å². The Morgan fingerprint density at radius 1 is 1.16 bits per heavy atom. The number of halogens is 3. The predicted molar refractivity (Wildman–Crippen MR) is 85.0 cm³/mol. The first-order chi connectivity index (χ1) is 11.9. The van der Waals surface area contributed by atoms with E-state index in [1.54, 1.807) is 4.90 Å². The summed E-state index contributed by atoms with van der Waals surface area (Å²) in [5, 5.41) is 0. The molecule has 8 heteroatoms. The highest BCUT2D eigenvalue weighted by molar-refractivity contribution is 5.92. The van der Waals surface area contributed by atoms with Gasteiger partial charge in [-0.25, -0.2) is 4.98 Å². The average Bonchev–Trinajstić information content (AvgIpc) is 3.10. The number of nitrogens with zero attached hydrogens (tertiary/aromatic N) is 3. The molecule has 25 heavy (non-hydrogen) atoms. The van der Waals surface area contributed by atoms with Gasteiger partial charge in [-0.3, -0.25) is 4.79 Å². The van der Waals surface area contributed by atoms with Gasteiger partial charge >= 0.3 is 6.18 Å². The Kier molecular flexibility index (Phi) is 4.80. The maximum atomic E-state index is 12.6. The minimum atomic E-state index is -4.39. The number of carbonyl (C=O) groups excluding carboxylic acids is 1. The minimum Gasteiger partial charge on any atom is -0.444 e. The second-order valence-corrected chi connectivity index (χ2v) is 5.84. The highest BCUT2D eigenvalue weighted by Gasteiger charge is 2.30. The predicted octanol–water partition coefficient (Wildman–Crippen LogP) is 3.14. The van der Waals surface area contributed by atoms with Crippen molar-refractivity contribution in [3.05, 3.63) is 41.8 Å². The molecule has 1 saturated heterocycles. The summed E-state index contributed by atoms with van der Waals surface area (Å²) in [6, 6.07) is 4.49. The first-order valence-corrected chi connectivity index (χ1v) is 8.03. The minimum absolute atomic E-state index is 0.129. The van der Waals surface area contributed by atoms with Crippen LogP contribution in [-0.2, 0) is 6.18 Å². The molecule has 1 fully saturated rings. The van der Waals surface area contributed by atoms with Gasteiger partial charge < -0.3 is 14.2 Å². The fraction of sp³-hybridized carbons (Fsp3) is 0.412. The highest BCUT2D eigenvalue weighted by atomic mass is 19.4. The Bertz CT molecular complexity index is 732. The summed E-state index contributed by atoms with van der Waals surface area (Å²) < 4.78 is 43.1. The monoisotopic (exact) mass is 353 g/mol. The summed E-state index contributed by atoms with van der Waals surface area (Å²) in [7, 11) is 0. The van der Waals surface area contributed by atoms with Gasteiger partial charge in [0.2, 0.25) is 5.89 Å².